The van der Waals surface area contributed by atoms with Crippen LogP contribution >= 0.6 is 0 Å². The fourth-order valence-corrected chi connectivity index (χ4v) is 3.44. The van der Waals surface area contributed by atoms with E-state index in [1.165, 1.54) is 5.56 Å². The van der Waals surface area contributed by atoms with Crippen molar-refractivity contribution in [3.63, 3.8) is 0 Å². The summed E-state index contributed by atoms with van der Waals surface area (Å²) in [5.41, 5.74) is 6.90. The topological polar surface area (TPSA) is 53.6 Å². The predicted octanol–water partition coefficient (Wildman–Crippen LogP) is 3.98. The largest absolute Gasteiger partial charge is 0.444 e. The smallest absolute Gasteiger partial charge is 0.412 e. The van der Waals surface area contributed by atoms with Crippen molar-refractivity contribution in [3.05, 3.63) is 28.8 Å². The van der Waals surface area contributed by atoms with Gasteiger partial charge in [0.25, 0.3) is 0 Å². The van der Waals surface area contributed by atoms with Crippen molar-refractivity contribution >= 4 is 19.9 Å². The molecule has 1 amide bonds. The Labute approximate surface area is 171 Å². The highest BCUT2D eigenvalue weighted by Gasteiger charge is 2.19. The number of amides is 1. The Kier molecular flexibility index (Phi) is 7.32. The van der Waals surface area contributed by atoms with Gasteiger partial charge in [-0.05, 0) is 51.0 Å². The van der Waals surface area contributed by atoms with E-state index in [2.05, 4.69) is 59.6 Å². The second-order valence-electron chi connectivity index (χ2n) is 9.46. The fourth-order valence-electron chi connectivity index (χ4n) is 2.92. The summed E-state index contributed by atoms with van der Waals surface area (Å²) in [6.45, 7) is 19.3. The van der Waals surface area contributed by atoms with Gasteiger partial charge in [0.15, 0.2) is 0 Å². The lowest BCUT2D eigenvalue weighted by Gasteiger charge is -2.28. The third-order valence-electron chi connectivity index (χ3n) is 4.34. The summed E-state index contributed by atoms with van der Waals surface area (Å²) < 4.78 is 5.44. The molecule has 1 aromatic carbocycles. The van der Waals surface area contributed by atoms with Gasteiger partial charge in [-0.25, -0.2) is 4.79 Å². The minimum Gasteiger partial charge on any atom is -0.444 e. The first-order valence-corrected chi connectivity index (χ1v) is 13.5. The van der Waals surface area contributed by atoms with Gasteiger partial charge in [0.1, 0.15) is 13.7 Å². The van der Waals surface area contributed by atoms with Crippen LogP contribution in [0.25, 0.3) is 0 Å². The van der Waals surface area contributed by atoms with E-state index in [4.69, 9.17) is 4.74 Å². The van der Waals surface area contributed by atoms with Crippen molar-refractivity contribution in [1.29, 1.82) is 0 Å². The number of ether oxygens (including phenoxy) is 1. The van der Waals surface area contributed by atoms with Crippen molar-refractivity contribution in [3.8, 4) is 11.5 Å². The van der Waals surface area contributed by atoms with Crippen LogP contribution in [0.4, 0.5) is 10.5 Å². The molecule has 1 aromatic rings. The van der Waals surface area contributed by atoms with Gasteiger partial charge in [-0.1, -0.05) is 25.6 Å². The average molecular weight is 402 g/mol. The van der Waals surface area contributed by atoms with Gasteiger partial charge in [-0.15, -0.1) is 5.54 Å². The van der Waals surface area contributed by atoms with Gasteiger partial charge in [0, 0.05) is 44.0 Å². The van der Waals surface area contributed by atoms with Crippen molar-refractivity contribution in [2.24, 2.45) is 0 Å². The van der Waals surface area contributed by atoms with E-state index < -0.39 is 19.8 Å². The molecule has 0 radical (unpaired) electrons. The molecule has 1 fully saturated rings. The Bertz CT molecular complexity index is 761. The molecule has 1 heterocycles. The molecule has 0 aromatic heterocycles. The SMILES string of the molecule is Cc1c(CN2CCNCC2)cc(C#C[Si](C)(C)C)cc1NC(=O)OC(C)(C)C. The molecule has 28 heavy (non-hydrogen) atoms. The van der Waals surface area contributed by atoms with Crippen LogP contribution in [0.5, 0.6) is 0 Å². The molecule has 0 unspecified atom stereocenters. The number of nitrogens with one attached hydrogen (secondary N) is 2. The first kappa shape index (κ1) is 22.5. The first-order valence-electron chi connectivity index (χ1n) is 10.0. The summed E-state index contributed by atoms with van der Waals surface area (Å²) >= 11 is 0. The van der Waals surface area contributed by atoms with Crippen LogP contribution in [0.2, 0.25) is 19.6 Å². The van der Waals surface area contributed by atoms with Crippen molar-refractivity contribution < 1.29 is 9.53 Å². The normalized spacial score (nSPS) is 15.5. The van der Waals surface area contributed by atoms with E-state index in [0.29, 0.717) is 0 Å². The van der Waals surface area contributed by atoms with Crippen LogP contribution in [0.1, 0.15) is 37.5 Å². The molecule has 5 nitrogen and oxygen atoms in total. The van der Waals surface area contributed by atoms with Gasteiger partial charge in [0.05, 0.1) is 0 Å². The number of nitrogens with zero attached hydrogens (tertiary/aromatic N) is 1. The summed E-state index contributed by atoms with van der Waals surface area (Å²) in [5.74, 6) is 3.34. The molecule has 0 aliphatic carbocycles. The molecule has 2 N–H and O–H groups in total. The Morgan fingerprint density at radius 3 is 2.46 bits per heavy atom. The molecular weight excluding hydrogens is 366 g/mol. The average Bonchev–Trinajstić information content (AvgIpc) is 2.55. The lowest BCUT2D eigenvalue weighted by atomic mass is 10.0. The minimum atomic E-state index is -1.49. The van der Waals surface area contributed by atoms with Gasteiger partial charge in [0.2, 0.25) is 0 Å². The fraction of sp³-hybridized carbons (Fsp3) is 0.591. The molecule has 6 heteroatoms. The second kappa shape index (κ2) is 9.12. The van der Waals surface area contributed by atoms with Crippen LogP contribution in [-0.2, 0) is 11.3 Å². The predicted molar refractivity (Wildman–Crippen MR) is 119 cm³/mol. The van der Waals surface area contributed by atoms with Gasteiger partial charge in [-0.3, -0.25) is 10.2 Å². The lowest BCUT2D eigenvalue weighted by molar-refractivity contribution is 0.0636. The number of rotatable bonds is 3. The maximum atomic E-state index is 12.3. The zero-order valence-corrected chi connectivity index (χ0v) is 19.5. The quantitative estimate of drug-likeness (QED) is 0.594. The lowest BCUT2D eigenvalue weighted by Crippen LogP contribution is -2.43. The van der Waals surface area contributed by atoms with Gasteiger partial charge < -0.3 is 10.1 Å². The maximum absolute atomic E-state index is 12.3. The van der Waals surface area contributed by atoms with E-state index in [1.54, 1.807) is 0 Å². The number of carbonyl (C=O) groups is 1. The molecule has 0 atom stereocenters. The number of anilines is 1. The third kappa shape index (κ3) is 7.67. The van der Waals surface area contributed by atoms with Gasteiger partial charge in [-0.2, -0.15) is 0 Å². The molecule has 0 saturated carbocycles. The van der Waals surface area contributed by atoms with E-state index in [-0.39, 0.29) is 0 Å². The summed E-state index contributed by atoms with van der Waals surface area (Å²) in [5, 5.41) is 6.32. The zero-order valence-electron chi connectivity index (χ0n) is 18.5. The van der Waals surface area contributed by atoms with E-state index in [1.807, 2.05) is 26.8 Å². The van der Waals surface area contributed by atoms with E-state index in [0.717, 1.165) is 49.5 Å². The highest BCUT2D eigenvalue weighted by atomic mass is 28.3. The second-order valence-corrected chi connectivity index (χ2v) is 14.2. The first-order chi connectivity index (χ1) is 12.9. The standard InChI is InChI=1S/C22H35N3O2Si/c1-17-19(16-25-11-9-23-10-12-25)14-18(8-13-28(5,6)7)15-20(17)24-21(26)27-22(2,3)4/h14-15,23H,9-12,16H2,1-7H3,(H,24,26). The Morgan fingerprint density at radius 1 is 1.25 bits per heavy atom. The monoisotopic (exact) mass is 401 g/mol. The van der Waals surface area contributed by atoms with Crippen molar-refractivity contribution in [1.82, 2.24) is 10.2 Å². The molecular formula is C22H35N3O2Si. The third-order valence-corrected chi connectivity index (χ3v) is 5.21. The minimum absolute atomic E-state index is 0.431. The molecule has 0 bridgehead atoms. The van der Waals surface area contributed by atoms with Crippen LogP contribution in [0, 0.1) is 18.4 Å². The number of carbonyl (C=O) groups excluding carboxylic acids is 1. The highest BCUT2D eigenvalue weighted by molar-refractivity contribution is 6.83. The Hall–Kier alpha value is -1.81. The zero-order chi connectivity index (χ0) is 20.9. The van der Waals surface area contributed by atoms with E-state index >= 15 is 0 Å². The summed E-state index contributed by atoms with van der Waals surface area (Å²) in [7, 11) is -1.49. The van der Waals surface area contributed by atoms with E-state index in [9.17, 15) is 4.79 Å². The van der Waals surface area contributed by atoms with Crippen LogP contribution in [0.3, 0.4) is 0 Å². The number of hydrogen-bond acceptors (Lipinski definition) is 4. The molecule has 2 rings (SSSR count). The molecule has 1 saturated heterocycles. The number of hydrogen-bond donors (Lipinski definition) is 2. The maximum Gasteiger partial charge on any atom is 0.412 e. The summed E-state index contributed by atoms with van der Waals surface area (Å²) in [6, 6.07) is 4.14. The van der Waals surface area contributed by atoms with Gasteiger partial charge >= 0.3 is 6.09 Å². The van der Waals surface area contributed by atoms with Crippen molar-refractivity contribution in [2.75, 3.05) is 31.5 Å². The highest BCUT2D eigenvalue weighted by Crippen LogP contribution is 2.24. The molecule has 0 spiro atoms. The van der Waals surface area contributed by atoms with Crippen LogP contribution in [-0.4, -0.2) is 50.8 Å². The Morgan fingerprint density at radius 2 is 1.89 bits per heavy atom. The summed E-state index contributed by atoms with van der Waals surface area (Å²) in [4.78, 5) is 14.8. The summed E-state index contributed by atoms with van der Waals surface area (Å²) in [6.07, 6.45) is -0.431. The molecule has 1 aliphatic heterocycles. The molecule has 1 aliphatic rings. The number of piperazine rings is 1. The van der Waals surface area contributed by atoms with Crippen LogP contribution in [0.15, 0.2) is 12.1 Å². The number of benzene rings is 1. The Balaban J connectivity index is 2.33. The van der Waals surface area contributed by atoms with Crippen molar-refractivity contribution in [2.45, 2.75) is 59.5 Å². The molecule has 154 valence electrons. The van der Waals surface area contributed by atoms with Crippen LogP contribution < -0.4 is 10.6 Å².